The number of hydrogen-bond acceptors (Lipinski definition) is 4. The minimum Gasteiger partial charge on any atom is -0.497 e. The average Bonchev–Trinajstić information content (AvgIpc) is 3.05. The third-order valence-electron chi connectivity index (χ3n) is 3.81. The van der Waals surface area contributed by atoms with E-state index in [1.54, 1.807) is 19.4 Å². The largest absolute Gasteiger partial charge is 0.497 e. The van der Waals surface area contributed by atoms with E-state index in [-0.39, 0.29) is 11.1 Å². The van der Waals surface area contributed by atoms with E-state index in [0.29, 0.717) is 17.1 Å². The van der Waals surface area contributed by atoms with Crippen LogP contribution in [0.1, 0.15) is 27.8 Å². The summed E-state index contributed by atoms with van der Waals surface area (Å²) in [5, 5.41) is 3.27. The lowest BCUT2D eigenvalue weighted by Gasteiger charge is -2.20. The first-order chi connectivity index (χ1) is 12.1. The Labute approximate surface area is 150 Å². The number of amides is 1. The van der Waals surface area contributed by atoms with Gasteiger partial charge >= 0.3 is 0 Å². The van der Waals surface area contributed by atoms with E-state index in [2.05, 4.69) is 15.3 Å². The molecule has 2 aromatic heterocycles. The van der Waals surface area contributed by atoms with E-state index in [0.717, 1.165) is 5.56 Å². The summed E-state index contributed by atoms with van der Waals surface area (Å²) in [5.41, 5.74) is 1.30. The summed E-state index contributed by atoms with van der Waals surface area (Å²) < 4.78 is 7.16. The van der Waals surface area contributed by atoms with Crippen molar-refractivity contribution in [1.82, 2.24) is 19.9 Å². The maximum absolute atomic E-state index is 12.7. The summed E-state index contributed by atoms with van der Waals surface area (Å²) in [7, 11) is 3.48. The van der Waals surface area contributed by atoms with Gasteiger partial charge < -0.3 is 14.6 Å². The summed E-state index contributed by atoms with van der Waals surface area (Å²) in [6.45, 7) is 0. The van der Waals surface area contributed by atoms with Crippen LogP contribution in [0.15, 0.2) is 55.0 Å². The lowest BCUT2D eigenvalue weighted by Crippen LogP contribution is -2.31. The zero-order chi connectivity index (χ0) is 17.8. The van der Waals surface area contributed by atoms with Crippen LogP contribution < -0.4 is 10.1 Å². The monoisotopic (exact) mass is 356 g/mol. The van der Waals surface area contributed by atoms with Crippen molar-refractivity contribution in [2.24, 2.45) is 7.05 Å². The summed E-state index contributed by atoms with van der Waals surface area (Å²) in [4.78, 5) is 21.0. The molecule has 0 fully saturated rings. The van der Waals surface area contributed by atoms with Crippen LogP contribution in [0.2, 0.25) is 5.15 Å². The van der Waals surface area contributed by atoms with E-state index in [1.807, 2.05) is 42.1 Å². The fourth-order valence-corrected chi connectivity index (χ4v) is 2.71. The normalized spacial score (nSPS) is 11.8. The summed E-state index contributed by atoms with van der Waals surface area (Å²) in [6, 6.07) is 10.2. The third kappa shape index (κ3) is 3.80. The molecule has 0 aliphatic rings. The number of ether oxygens (including phenoxy) is 1. The topological polar surface area (TPSA) is 69.0 Å². The van der Waals surface area contributed by atoms with Crippen LogP contribution in [0.4, 0.5) is 0 Å². The summed E-state index contributed by atoms with van der Waals surface area (Å²) >= 11 is 5.88. The maximum Gasteiger partial charge on any atom is 0.252 e. The van der Waals surface area contributed by atoms with Crippen molar-refractivity contribution in [3.8, 4) is 5.75 Å². The second-order valence-corrected chi connectivity index (χ2v) is 5.83. The quantitative estimate of drug-likeness (QED) is 0.713. The van der Waals surface area contributed by atoms with Gasteiger partial charge in [0.2, 0.25) is 0 Å². The smallest absolute Gasteiger partial charge is 0.252 e. The molecule has 25 heavy (non-hydrogen) atoms. The minimum absolute atomic E-state index is 0.264. The number of aromatic nitrogens is 3. The Morgan fingerprint density at radius 2 is 2.08 bits per heavy atom. The number of halogens is 1. The van der Waals surface area contributed by atoms with Crippen molar-refractivity contribution in [2.45, 2.75) is 6.04 Å². The highest BCUT2D eigenvalue weighted by atomic mass is 35.5. The van der Waals surface area contributed by atoms with Gasteiger partial charge in [-0.1, -0.05) is 23.7 Å². The SMILES string of the molecule is COc1cccc(C(NC(=O)c2ccnc(Cl)c2)c2nccn2C)c1. The van der Waals surface area contributed by atoms with Crippen LogP contribution in [0, 0.1) is 0 Å². The number of pyridine rings is 1. The molecule has 128 valence electrons. The number of nitrogens with one attached hydrogen (secondary N) is 1. The molecule has 1 unspecified atom stereocenters. The van der Waals surface area contributed by atoms with Crippen LogP contribution in [0.25, 0.3) is 0 Å². The van der Waals surface area contributed by atoms with Crippen molar-refractivity contribution in [1.29, 1.82) is 0 Å². The number of benzene rings is 1. The highest BCUT2D eigenvalue weighted by Crippen LogP contribution is 2.24. The van der Waals surface area contributed by atoms with Crippen LogP contribution in [0.3, 0.4) is 0 Å². The lowest BCUT2D eigenvalue weighted by molar-refractivity contribution is 0.0941. The molecule has 3 aromatic rings. The van der Waals surface area contributed by atoms with Crippen molar-refractivity contribution in [3.05, 3.63) is 77.1 Å². The zero-order valence-electron chi connectivity index (χ0n) is 13.8. The molecule has 2 heterocycles. The molecule has 1 amide bonds. The highest BCUT2D eigenvalue weighted by Gasteiger charge is 2.22. The fraction of sp³-hybridized carbons (Fsp3) is 0.167. The number of nitrogens with zero attached hydrogens (tertiary/aromatic N) is 3. The van der Waals surface area contributed by atoms with E-state index in [4.69, 9.17) is 16.3 Å². The molecule has 0 saturated carbocycles. The predicted molar refractivity (Wildman–Crippen MR) is 94.8 cm³/mol. The first kappa shape index (κ1) is 17.0. The fourth-order valence-electron chi connectivity index (χ4n) is 2.53. The van der Waals surface area contributed by atoms with Gasteiger partial charge in [0.05, 0.1) is 7.11 Å². The van der Waals surface area contributed by atoms with Crippen LogP contribution in [0.5, 0.6) is 5.75 Å². The number of aryl methyl sites for hydroxylation is 1. The molecule has 0 spiro atoms. The summed E-state index contributed by atoms with van der Waals surface area (Å²) in [5.74, 6) is 1.15. The number of rotatable bonds is 5. The maximum atomic E-state index is 12.7. The van der Waals surface area contributed by atoms with Crippen molar-refractivity contribution >= 4 is 17.5 Å². The van der Waals surface area contributed by atoms with Crippen LogP contribution in [-0.2, 0) is 7.05 Å². The highest BCUT2D eigenvalue weighted by molar-refractivity contribution is 6.29. The number of carbonyl (C=O) groups excluding carboxylic acids is 1. The standard InChI is InChI=1S/C18H17ClN4O2/c1-23-9-8-21-17(23)16(12-4-3-5-14(10-12)25-2)22-18(24)13-6-7-20-15(19)11-13/h3-11,16H,1-2H3,(H,22,24). The van der Waals surface area contributed by atoms with E-state index >= 15 is 0 Å². The average molecular weight is 357 g/mol. The Hall–Kier alpha value is -2.86. The van der Waals surface area contributed by atoms with E-state index in [9.17, 15) is 4.79 Å². The Balaban J connectivity index is 1.97. The second kappa shape index (κ2) is 7.36. The molecule has 0 radical (unpaired) electrons. The molecule has 0 bridgehead atoms. The molecule has 6 nitrogen and oxygen atoms in total. The zero-order valence-corrected chi connectivity index (χ0v) is 14.6. The van der Waals surface area contributed by atoms with E-state index < -0.39 is 6.04 Å². The van der Waals surface area contributed by atoms with Crippen molar-refractivity contribution in [3.63, 3.8) is 0 Å². The Morgan fingerprint density at radius 1 is 1.24 bits per heavy atom. The molecule has 0 aliphatic heterocycles. The van der Waals surface area contributed by atoms with Gasteiger partial charge in [-0.05, 0) is 29.8 Å². The Kier molecular flexibility index (Phi) is 5.00. The Morgan fingerprint density at radius 3 is 2.76 bits per heavy atom. The molecule has 1 atom stereocenters. The van der Waals surface area contributed by atoms with Gasteiger partial charge in [-0.15, -0.1) is 0 Å². The van der Waals surface area contributed by atoms with Gasteiger partial charge in [0.25, 0.3) is 5.91 Å². The lowest BCUT2D eigenvalue weighted by atomic mass is 10.0. The minimum atomic E-state index is -0.436. The Bertz CT molecular complexity index is 894. The molecular formula is C18H17ClN4O2. The van der Waals surface area contributed by atoms with Crippen LogP contribution in [-0.4, -0.2) is 27.6 Å². The van der Waals surface area contributed by atoms with Gasteiger partial charge in [-0.3, -0.25) is 4.79 Å². The van der Waals surface area contributed by atoms with Gasteiger partial charge in [-0.2, -0.15) is 0 Å². The first-order valence-corrected chi connectivity index (χ1v) is 8.00. The first-order valence-electron chi connectivity index (χ1n) is 7.62. The van der Waals surface area contributed by atoms with Crippen molar-refractivity contribution in [2.75, 3.05) is 7.11 Å². The number of carbonyl (C=O) groups is 1. The van der Waals surface area contributed by atoms with Gasteiger partial charge in [-0.25, -0.2) is 9.97 Å². The van der Waals surface area contributed by atoms with Gasteiger partial charge in [0.15, 0.2) is 0 Å². The number of methoxy groups -OCH3 is 1. The number of imidazole rings is 1. The van der Waals surface area contributed by atoms with Gasteiger partial charge in [0.1, 0.15) is 22.8 Å². The summed E-state index contributed by atoms with van der Waals surface area (Å²) in [6.07, 6.45) is 5.02. The number of hydrogen-bond donors (Lipinski definition) is 1. The third-order valence-corrected chi connectivity index (χ3v) is 4.01. The predicted octanol–water partition coefficient (Wildman–Crippen LogP) is 3.00. The molecule has 3 rings (SSSR count). The molecule has 7 heteroatoms. The van der Waals surface area contributed by atoms with Crippen LogP contribution >= 0.6 is 11.6 Å². The molecule has 1 aromatic carbocycles. The molecular weight excluding hydrogens is 340 g/mol. The van der Waals surface area contributed by atoms with Gasteiger partial charge in [0, 0.05) is 31.2 Å². The van der Waals surface area contributed by atoms with E-state index in [1.165, 1.54) is 12.3 Å². The molecule has 1 N–H and O–H groups in total. The second-order valence-electron chi connectivity index (χ2n) is 5.45. The molecule has 0 aliphatic carbocycles. The molecule has 0 saturated heterocycles. The van der Waals surface area contributed by atoms with Crippen molar-refractivity contribution < 1.29 is 9.53 Å².